The molecule has 4 heteroatoms. The summed E-state index contributed by atoms with van der Waals surface area (Å²) in [7, 11) is 0. The lowest BCUT2D eigenvalue weighted by Crippen LogP contribution is -2.43. The maximum absolute atomic E-state index is 11.3. The summed E-state index contributed by atoms with van der Waals surface area (Å²) >= 11 is 0. The van der Waals surface area contributed by atoms with Crippen molar-refractivity contribution in [2.24, 2.45) is 5.73 Å². The Hall–Kier alpha value is -1.81. The van der Waals surface area contributed by atoms with Crippen LogP contribution >= 0.6 is 0 Å². The summed E-state index contributed by atoms with van der Waals surface area (Å²) in [4.78, 5) is 11.3. The van der Waals surface area contributed by atoms with E-state index in [2.05, 4.69) is 10.6 Å². The lowest BCUT2D eigenvalue weighted by Gasteiger charge is -2.23. The first-order valence-corrected chi connectivity index (χ1v) is 4.83. The first-order chi connectivity index (χ1) is 7.29. The third-order valence-electron chi connectivity index (χ3n) is 2.31. The van der Waals surface area contributed by atoms with Gasteiger partial charge in [0.2, 0.25) is 0 Å². The summed E-state index contributed by atoms with van der Waals surface area (Å²) in [5.74, 6) is 0. The Labute approximate surface area is 88.2 Å². The molecule has 15 heavy (non-hydrogen) atoms. The molecule has 1 heterocycles. The summed E-state index contributed by atoms with van der Waals surface area (Å²) in [6.07, 6.45) is 1.93. The van der Waals surface area contributed by atoms with Crippen LogP contribution in [-0.4, -0.2) is 12.6 Å². The second-order valence-electron chi connectivity index (χ2n) is 3.38. The molecule has 0 radical (unpaired) electrons. The smallest absolute Gasteiger partial charge is 0.319 e. The third-order valence-corrected chi connectivity index (χ3v) is 2.31. The zero-order valence-electron chi connectivity index (χ0n) is 8.23. The number of rotatable bonds is 2. The Kier molecular flexibility index (Phi) is 2.69. The normalized spacial score (nSPS) is 20.2. The average Bonchev–Trinajstić information content (AvgIpc) is 2.29. The minimum atomic E-state index is -0.202. The molecular formula is C11H13N3O. The van der Waals surface area contributed by atoms with Crippen LogP contribution in [0.1, 0.15) is 11.6 Å². The van der Waals surface area contributed by atoms with Gasteiger partial charge in [-0.15, -0.1) is 0 Å². The van der Waals surface area contributed by atoms with Crippen molar-refractivity contribution < 1.29 is 4.79 Å². The number of amides is 2. The number of benzene rings is 1. The van der Waals surface area contributed by atoms with Crippen LogP contribution in [0.4, 0.5) is 4.79 Å². The van der Waals surface area contributed by atoms with E-state index in [4.69, 9.17) is 5.73 Å². The van der Waals surface area contributed by atoms with Gasteiger partial charge in [0, 0.05) is 12.2 Å². The minimum absolute atomic E-state index is 0.0847. The van der Waals surface area contributed by atoms with Crippen LogP contribution in [0.3, 0.4) is 0 Å². The van der Waals surface area contributed by atoms with Crippen molar-refractivity contribution in [2.75, 3.05) is 6.54 Å². The third kappa shape index (κ3) is 2.16. The monoisotopic (exact) mass is 203 g/mol. The lowest BCUT2D eigenvalue weighted by molar-refractivity contribution is 0.239. The van der Waals surface area contributed by atoms with Crippen LogP contribution in [0.5, 0.6) is 0 Å². The first kappa shape index (κ1) is 9.73. The molecule has 1 unspecified atom stereocenters. The van der Waals surface area contributed by atoms with Crippen molar-refractivity contribution in [1.29, 1.82) is 0 Å². The zero-order chi connectivity index (χ0) is 10.7. The highest BCUT2D eigenvalue weighted by Crippen LogP contribution is 2.17. The molecule has 78 valence electrons. The molecule has 1 atom stereocenters. The Bertz CT molecular complexity index is 386. The second kappa shape index (κ2) is 4.14. The lowest BCUT2D eigenvalue weighted by atomic mass is 10.0. The van der Waals surface area contributed by atoms with E-state index < -0.39 is 0 Å². The molecule has 4 N–H and O–H groups in total. The molecule has 1 aliphatic rings. The molecule has 0 saturated carbocycles. The highest BCUT2D eigenvalue weighted by molar-refractivity contribution is 5.78. The highest BCUT2D eigenvalue weighted by Gasteiger charge is 2.18. The number of carbonyl (C=O) groups excluding carboxylic acids is 1. The average molecular weight is 203 g/mol. The van der Waals surface area contributed by atoms with Gasteiger partial charge in [0.1, 0.15) is 0 Å². The number of hydrogen-bond acceptors (Lipinski definition) is 2. The molecule has 1 aromatic rings. The highest BCUT2D eigenvalue weighted by atomic mass is 16.2. The number of nitrogens with two attached hydrogens (primary N) is 1. The van der Waals surface area contributed by atoms with Crippen molar-refractivity contribution in [3.05, 3.63) is 47.7 Å². The molecule has 0 fully saturated rings. The Morgan fingerprint density at radius 1 is 1.27 bits per heavy atom. The fourth-order valence-electron chi connectivity index (χ4n) is 1.57. The molecule has 2 amide bonds. The molecule has 0 bridgehead atoms. The summed E-state index contributed by atoms with van der Waals surface area (Å²) in [5.41, 5.74) is 7.31. The number of nitrogens with one attached hydrogen (secondary N) is 2. The zero-order valence-corrected chi connectivity index (χ0v) is 8.23. The summed E-state index contributed by atoms with van der Waals surface area (Å²) in [5, 5.41) is 5.47. The number of carbonyl (C=O) groups is 1. The second-order valence-corrected chi connectivity index (χ2v) is 3.38. The molecule has 1 aliphatic heterocycles. The van der Waals surface area contributed by atoms with Crippen LogP contribution in [-0.2, 0) is 0 Å². The van der Waals surface area contributed by atoms with Gasteiger partial charge in [0.25, 0.3) is 0 Å². The number of urea groups is 1. The first-order valence-electron chi connectivity index (χ1n) is 4.83. The Morgan fingerprint density at radius 2 is 2.00 bits per heavy atom. The van der Waals surface area contributed by atoms with Crippen LogP contribution in [0, 0.1) is 0 Å². The van der Waals surface area contributed by atoms with Gasteiger partial charge >= 0.3 is 6.03 Å². The molecule has 0 spiro atoms. The maximum Gasteiger partial charge on any atom is 0.319 e. The Balaban J connectivity index is 2.26. The fourth-order valence-corrected chi connectivity index (χ4v) is 1.57. The molecule has 2 rings (SSSR count). The fraction of sp³-hybridized carbons (Fsp3) is 0.182. The predicted octanol–water partition coefficient (Wildman–Crippen LogP) is 0.883. The van der Waals surface area contributed by atoms with Crippen LogP contribution in [0.15, 0.2) is 42.1 Å². The van der Waals surface area contributed by atoms with Gasteiger partial charge in [-0.2, -0.15) is 0 Å². The quantitative estimate of drug-likeness (QED) is 0.668. The van der Waals surface area contributed by atoms with Gasteiger partial charge in [-0.3, -0.25) is 0 Å². The van der Waals surface area contributed by atoms with Crippen molar-refractivity contribution in [1.82, 2.24) is 10.6 Å². The van der Waals surface area contributed by atoms with Gasteiger partial charge in [-0.25, -0.2) is 4.79 Å². The van der Waals surface area contributed by atoms with E-state index in [-0.39, 0.29) is 12.1 Å². The molecule has 1 aromatic carbocycles. The molecule has 0 aromatic heterocycles. The molecular weight excluding hydrogens is 190 g/mol. The molecule has 4 nitrogen and oxygen atoms in total. The van der Waals surface area contributed by atoms with Crippen LogP contribution < -0.4 is 16.4 Å². The van der Waals surface area contributed by atoms with Gasteiger partial charge in [0.05, 0.1) is 6.04 Å². The van der Waals surface area contributed by atoms with Crippen LogP contribution in [0.2, 0.25) is 0 Å². The summed E-state index contributed by atoms with van der Waals surface area (Å²) in [6.45, 7) is 0.344. The van der Waals surface area contributed by atoms with E-state index in [1.54, 1.807) is 0 Å². The Morgan fingerprint density at radius 3 is 2.67 bits per heavy atom. The van der Waals surface area contributed by atoms with Crippen molar-refractivity contribution in [3.63, 3.8) is 0 Å². The van der Waals surface area contributed by atoms with E-state index >= 15 is 0 Å². The van der Waals surface area contributed by atoms with Gasteiger partial charge in [0.15, 0.2) is 0 Å². The van der Waals surface area contributed by atoms with Crippen LogP contribution in [0.25, 0.3) is 0 Å². The van der Waals surface area contributed by atoms with Gasteiger partial charge in [-0.05, 0) is 11.6 Å². The van der Waals surface area contributed by atoms with Gasteiger partial charge < -0.3 is 16.4 Å². The van der Waals surface area contributed by atoms with E-state index in [1.807, 2.05) is 36.4 Å². The van der Waals surface area contributed by atoms with E-state index in [0.29, 0.717) is 6.54 Å². The summed E-state index contributed by atoms with van der Waals surface area (Å²) in [6, 6.07) is 9.49. The standard InChI is InChI=1S/C11H13N3O/c12-7-9-6-10(14-11(15)13-9)8-4-2-1-3-5-8/h1-6,10H,7,12H2,(H2,13,14,15). The van der Waals surface area contributed by atoms with Crippen molar-refractivity contribution >= 4 is 6.03 Å². The minimum Gasteiger partial charge on any atom is -0.327 e. The SMILES string of the molecule is NCC1=CC(c2ccccc2)NC(=O)N1. The molecule has 0 aliphatic carbocycles. The topological polar surface area (TPSA) is 67.1 Å². The van der Waals surface area contributed by atoms with E-state index in [1.165, 1.54) is 0 Å². The largest absolute Gasteiger partial charge is 0.327 e. The van der Waals surface area contributed by atoms with E-state index in [0.717, 1.165) is 11.3 Å². The molecule has 0 saturated heterocycles. The predicted molar refractivity (Wildman–Crippen MR) is 58.0 cm³/mol. The van der Waals surface area contributed by atoms with E-state index in [9.17, 15) is 4.79 Å². The number of hydrogen-bond donors (Lipinski definition) is 3. The van der Waals surface area contributed by atoms with Gasteiger partial charge in [-0.1, -0.05) is 30.3 Å². The summed E-state index contributed by atoms with van der Waals surface area (Å²) < 4.78 is 0. The maximum atomic E-state index is 11.3. The van der Waals surface area contributed by atoms with Crippen molar-refractivity contribution in [2.45, 2.75) is 6.04 Å². The van der Waals surface area contributed by atoms with Crippen molar-refractivity contribution in [3.8, 4) is 0 Å².